The summed E-state index contributed by atoms with van der Waals surface area (Å²) in [5, 5.41) is 14.6. The van der Waals surface area contributed by atoms with Crippen molar-refractivity contribution in [3.63, 3.8) is 0 Å². The van der Waals surface area contributed by atoms with Crippen LogP contribution < -0.4 is 11.0 Å². The van der Waals surface area contributed by atoms with Crippen molar-refractivity contribution in [3.8, 4) is 5.69 Å². The summed E-state index contributed by atoms with van der Waals surface area (Å²) in [6.07, 6.45) is -0.713. The number of hydrogen-bond donors (Lipinski definition) is 4. The van der Waals surface area contributed by atoms with Crippen molar-refractivity contribution in [2.45, 2.75) is 52.6 Å². The molecule has 0 aliphatic carbocycles. The van der Waals surface area contributed by atoms with Gasteiger partial charge in [-0.15, -0.1) is 16.7 Å². The first kappa shape index (κ1) is 44.7. The lowest BCUT2D eigenvalue weighted by Crippen LogP contribution is -2.30. The van der Waals surface area contributed by atoms with Gasteiger partial charge in [0, 0.05) is 16.5 Å². The van der Waals surface area contributed by atoms with Crippen LogP contribution in [0.2, 0.25) is 10.0 Å². The zero-order chi connectivity index (χ0) is 39.6. The van der Waals surface area contributed by atoms with Crippen LogP contribution in [-0.2, 0) is 41.5 Å². The highest BCUT2D eigenvalue weighted by Gasteiger charge is 2.40. The lowest BCUT2D eigenvalue weighted by molar-refractivity contribution is -0.165. The van der Waals surface area contributed by atoms with Crippen LogP contribution in [0.3, 0.4) is 0 Å². The van der Waals surface area contributed by atoms with Crippen LogP contribution >= 0.6 is 42.4 Å². The van der Waals surface area contributed by atoms with Gasteiger partial charge in [-0.2, -0.15) is 13.5 Å². The molecule has 0 saturated carbocycles. The maximum absolute atomic E-state index is 14.2. The predicted octanol–water partition coefficient (Wildman–Crippen LogP) is 4.68. The molecule has 15 nitrogen and oxygen atoms in total. The fraction of sp³-hybridized carbons (Fsp3) is 0.433. The minimum atomic E-state index is -4.10. The fourth-order valence-corrected chi connectivity index (χ4v) is 5.23. The third-order valence-corrected chi connectivity index (χ3v) is 8.40. The standard InChI is InChI=1S/C15H14Cl2F3N3O3.C12H14ClNO2.C3H8NO5P/c1-3-26-13(24)10(17)4-8-5-12(11(18)6-9(8)16)23-15(25)22(14(19)20)7(2)21-23;1-12(2)8-16-14(11(12)15)7-9-5-3-4-6-10(9)13;5-3(6)1-4-2-10(7,8)9/h5-6,10,14H,3-4H2,1-2H3;3-6H,7-8H2,1-2H3;4H,1-2H2,(H,5,6)(H2,7,8,9). The third kappa shape index (κ3) is 13.2. The van der Waals surface area contributed by atoms with Gasteiger partial charge in [0.2, 0.25) is 0 Å². The molecule has 1 aliphatic rings. The topological polar surface area (TPSA) is 203 Å². The van der Waals surface area contributed by atoms with Gasteiger partial charge in [-0.05, 0) is 57.0 Å². The van der Waals surface area contributed by atoms with Crippen molar-refractivity contribution in [1.29, 1.82) is 0 Å². The summed E-state index contributed by atoms with van der Waals surface area (Å²) in [5.74, 6) is -3.06. The third-order valence-electron chi connectivity index (χ3n) is 6.71. The van der Waals surface area contributed by atoms with Gasteiger partial charge in [0.25, 0.3) is 5.91 Å². The molecule has 0 spiro atoms. The van der Waals surface area contributed by atoms with Crippen LogP contribution in [0.15, 0.2) is 41.2 Å². The maximum atomic E-state index is 14.2. The van der Waals surface area contributed by atoms with Crippen molar-refractivity contribution < 1.29 is 56.6 Å². The van der Waals surface area contributed by atoms with E-state index >= 15 is 0 Å². The number of benzene rings is 2. The van der Waals surface area contributed by atoms with E-state index in [9.17, 15) is 36.9 Å². The van der Waals surface area contributed by atoms with Crippen LogP contribution in [0.4, 0.5) is 13.2 Å². The summed E-state index contributed by atoms with van der Waals surface area (Å²) in [4.78, 5) is 67.1. The van der Waals surface area contributed by atoms with E-state index in [2.05, 4.69) is 10.4 Å². The van der Waals surface area contributed by atoms with Gasteiger partial charge in [0.1, 0.15) is 16.9 Å². The Morgan fingerprint density at radius 1 is 1.13 bits per heavy atom. The average molecular weight is 821 g/mol. The molecular weight excluding hydrogens is 785 g/mol. The molecule has 2 heterocycles. The number of alkyl halides is 3. The Kier molecular flexibility index (Phi) is 16.8. The van der Waals surface area contributed by atoms with Crippen LogP contribution in [0.25, 0.3) is 5.69 Å². The SMILES string of the molecule is CC1(C)CON(Cc2ccccc2Cl)C1=O.CCOC(=O)C(Cl)Cc1cc(-n2nc(C)n(C(F)F)c2=O)c(F)cc1Cl.O=C(O)CNCP(=O)(O)O. The van der Waals surface area contributed by atoms with Gasteiger partial charge in [-0.1, -0.05) is 41.4 Å². The number of aromatic nitrogens is 3. The van der Waals surface area contributed by atoms with E-state index in [0.29, 0.717) is 22.9 Å². The van der Waals surface area contributed by atoms with E-state index in [4.69, 9.17) is 59.3 Å². The first-order chi connectivity index (χ1) is 24.1. The van der Waals surface area contributed by atoms with Gasteiger partial charge in [-0.3, -0.25) is 29.1 Å². The number of hydrogen-bond acceptors (Lipinski definition) is 9. The molecule has 1 unspecified atom stereocenters. The first-order valence-electron chi connectivity index (χ1n) is 15.0. The van der Waals surface area contributed by atoms with Crippen LogP contribution in [0.1, 0.15) is 44.3 Å². The second kappa shape index (κ2) is 19.6. The largest absolute Gasteiger partial charge is 0.480 e. The zero-order valence-corrected chi connectivity index (χ0v) is 31.2. The molecular formula is C30H36Cl3F3N5O10P. The Morgan fingerprint density at radius 2 is 1.77 bits per heavy atom. The second-order valence-electron chi connectivity index (χ2n) is 11.4. The molecule has 288 valence electrons. The minimum Gasteiger partial charge on any atom is -0.480 e. The van der Waals surface area contributed by atoms with Crippen LogP contribution in [0.5, 0.6) is 0 Å². The summed E-state index contributed by atoms with van der Waals surface area (Å²) >= 11 is 17.9. The Bertz CT molecular complexity index is 1840. The first-order valence-corrected chi connectivity index (χ1v) is 18.0. The molecule has 4 rings (SSSR count). The van der Waals surface area contributed by atoms with Crippen molar-refractivity contribution in [2.75, 3.05) is 26.0 Å². The van der Waals surface area contributed by atoms with Crippen molar-refractivity contribution in [3.05, 3.63) is 79.7 Å². The minimum absolute atomic E-state index is 0.00687. The molecule has 52 heavy (non-hydrogen) atoms. The fourth-order valence-electron chi connectivity index (χ4n) is 4.17. The summed E-state index contributed by atoms with van der Waals surface area (Å²) < 4.78 is 55.5. The van der Waals surface area contributed by atoms with E-state index < -0.39 is 61.2 Å². The number of halogens is 6. The number of esters is 1. The number of hydroxylamine groups is 2. The number of nitrogens with one attached hydrogen (secondary N) is 1. The molecule has 1 saturated heterocycles. The summed E-state index contributed by atoms with van der Waals surface area (Å²) in [7, 11) is -4.10. The molecule has 3 aromatic rings. The average Bonchev–Trinajstić information content (AvgIpc) is 3.47. The van der Waals surface area contributed by atoms with Crippen LogP contribution in [0, 0.1) is 18.2 Å². The molecule has 2 aromatic carbocycles. The Morgan fingerprint density at radius 3 is 2.27 bits per heavy atom. The van der Waals surface area contributed by atoms with Gasteiger partial charge >= 0.3 is 31.8 Å². The summed E-state index contributed by atoms with van der Waals surface area (Å²) in [6, 6.07) is 9.49. The normalized spacial score (nSPS) is 14.3. The number of ether oxygens (including phenoxy) is 1. The highest BCUT2D eigenvalue weighted by atomic mass is 35.5. The number of aryl methyl sites for hydroxylation is 1. The Balaban J connectivity index is 0.000000305. The molecule has 4 N–H and O–H groups in total. The number of rotatable bonds is 12. The van der Waals surface area contributed by atoms with Gasteiger partial charge in [0.15, 0.2) is 5.82 Å². The second-order valence-corrected chi connectivity index (χ2v) is 14.4. The van der Waals surface area contributed by atoms with E-state index in [-0.39, 0.29) is 45.6 Å². The number of carboxylic acids is 1. The van der Waals surface area contributed by atoms with E-state index in [1.165, 1.54) is 12.0 Å². The molecule has 1 atom stereocenters. The number of amides is 1. The zero-order valence-electron chi connectivity index (χ0n) is 28.1. The molecule has 1 aromatic heterocycles. The lowest BCUT2D eigenvalue weighted by atomic mass is 9.95. The quantitative estimate of drug-likeness (QED) is 0.112. The molecule has 0 radical (unpaired) electrons. The van der Waals surface area contributed by atoms with E-state index in [1.807, 2.05) is 38.1 Å². The van der Waals surface area contributed by atoms with E-state index in [1.54, 1.807) is 6.92 Å². The molecule has 1 aliphatic heterocycles. The van der Waals surface area contributed by atoms with Gasteiger partial charge in [0.05, 0.1) is 38.0 Å². The summed E-state index contributed by atoms with van der Waals surface area (Å²) in [6.45, 7) is 3.95. The van der Waals surface area contributed by atoms with Crippen molar-refractivity contribution >= 4 is 60.2 Å². The Labute approximate surface area is 310 Å². The number of carbonyl (C=O) groups is 3. The predicted molar refractivity (Wildman–Crippen MR) is 183 cm³/mol. The highest BCUT2D eigenvalue weighted by molar-refractivity contribution is 7.51. The number of aliphatic carboxylic acids is 1. The van der Waals surface area contributed by atoms with Crippen molar-refractivity contribution in [1.82, 2.24) is 24.7 Å². The Hall–Kier alpha value is -3.48. The van der Waals surface area contributed by atoms with Gasteiger partial charge in [-0.25, -0.2) is 18.8 Å². The van der Waals surface area contributed by atoms with Crippen LogP contribution in [-0.4, -0.2) is 83.6 Å². The summed E-state index contributed by atoms with van der Waals surface area (Å²) in [5.41, 5.74) is -0.897. The van der Waals surface area contributed by atoms with E-state index in [0.717, 1.165) is 17.7 Å². The lowest BCUT2D eigenvalue weighted by Gasteiger charge is -2.16. The molecule has 22 heteroatoms. The monoisotopic (exact) mass is 819 g/mol. The maximum Gasteiger partial charge on any atom is 0.355 e. The molecule has 0 bridgehead atoms. The highest BCUT2D eigenvalue weighted by Crippen LogP contribution is 2.32. The smallest absolute Gasteiger partial charge is 0.355 e. The van der Waals surface area contributed by atoms with Crippen molar-refractivity contribution in [2.24, 2.45) is 5.41 Å². The molecule has 1 fully saturated rings. The number of carboxylic acid groups (broad SMARTS) is 1. The van der Waals surface area contributed by atoms with Gasteiger partial charge < -0.3 is 19.6 Å². The number of nitrogens with zero attached hydrogens (tertiary/aromatic N) is 4. The molecule has 1 amide bonds. The number of carbonyl (C=O) groups excluding carboxylic acids is 2.